The molecule has 1 aromatic heterocycles. The molecular weight excluding hydrogens is 629 g/mol. The zero-order valence-electron chi connectivity index (χ0n) is 27.6. The Kier molecular flexibility index (Phi) is 5.64. The van der Waals surface area contributed by atoms with Crippen molar-refractivity contribution >= 4 is 53.1 Å². The first-order chi connectivity index (χ1) is 24.6. The van der Waals surface area contributed by atoms with E-state index in [4.69, 9.17) is 9.47 Å². The summed E-state index contributed by atoms with van der Waals surface area (Å²) in [6, 6.07) is 52.7. The monoisotopic (exact) mass is 658 g/mol. The van der Waals surface area contributed by atoms with Crippen LogP contribution in [0.5, 0.6) is 23.0 Å². The van der Waals surface area contributed by atoms with Crippen molar-refractivity contribution in [3.63, 3.8) is 0 Å². The van der Waals surface area contributed by atoms with Gasteiger partial charge in [0.05, 0.1) is 0 Å². The Balaban J connectivity index is 1.15. The van der Waals surface area contributed by atoms with E-state index in [1.807, 2.05) is 35.6 Å². The van der Waals surface area contributed by atoms with Crippen LogP contribution in [0.4, 0.5) is 0 Å². The number of ether oxygens (including phenoxy) is 2. The van der Waals surface area contributed by atoms with E-state index in [2.05, 4.69) is 135 Å². The van der Waals surface area contributed by atoms with Gasteiger partial charge in [0, 0.05) is 36.7 Å². The van der Waals surface area contributed by atoms with E-state index in [1.165, 1.54) is 80.7 Å². The zero-order valence-corrected chi connectivity index (χ0v) is 28.4. The largest absolute Gasteiger partial charge is 0.449 e. The lowest BCUT2D eigenvalue weighted by Crippen LogP contribution is -2.15. The van der Waals surface area contributed by atoms with Crippen LogP contribution in [0, 0.1) is 0 Å². The topological polar surface area (TPSA) is 18.5 Å². The number of thiophene rings is 1. The first-order valence-corrected chi connectivity index (χ1v) is 18.0. The average molecular weight is 659 g/mol. The molecule has 2 aliphatic rings. The zero-order chi connectivity index (χ0) is 33.1. The second-order valence-corrected chi connectivity index (χ2v) is 15.0. The minimum atomic E-state index is -0.224. The van der Waals surface area contributed by atoms with Crippen molar-refractivity contribution < 1.29 is 9.47 Å². The highest BCUT2D eigenvalue weighted by molar-refractivity contribution is 7.26. The first kappa shape index (κ1) is 28.0. The molecule has 2 nitrogen and oxygen atoms in total. The molecule has 236 valence electrons. The second kappa shape index (κ2) is 10.1. The van der Waals surface area contributed by atoms with Crippen molar-refractivity contribution in [3.8, 4) is 56.4 Å². The molecule has 50 heavy (non-hydrogen) atoms. The summed E-state index contributed by atoms with van der Waals surface area (Å²) in [5, 5.41) is 7.71. The van der Waals surface area contributed by atoms with Crippen molar-refractivity contribution in [1.82, 2.24) is 0 Å². The fourth-order valence-electron chi connectivity index (χ4n) is 8.63. The molecule has 0 spiro atoms. The number of benzene rings is 8. The number of para-hydroxylation sites is 2. The van der Waals surface area contributed by atoms with Crippen LogP contribution in [-0.2, 0) is 5.41 Å². The molecule has 0 saturated heterocycles. The maximum atomic E-state index is 6.58. The minimum absolute atomic E-state index is 0.224. The van der Waals surface area contributed by atoms with E-state index in [9.17, 15) is 0 Å². The summed E-state index contributed by atoms with van der Waals surface area (Å²) in [5.41, 5.74) is 9.75. The highest BCUT2D eigenvalue weighted by atomic mass is 32.1. The lowest BCUT2D eigenvalue weighted by Gasteiger charge is -2.25. The van der Waals surface area contributed by atoms with Gasteiger partial charge in [-0.15, -0.1) is 11.3 Å². The Hall–Kier alpha value is -5.90. The van der Waals surface area contributed by atoms with E-state index in [-0.39, 0.29) is 5.41 Å². The Bertz CT molecular complexity index is 2850. The highest BCUT2D eigenvalue weighted by Gasteiger charge is 2.40. The van der Waals surface area contributed by atoms with Gasteiger partial charge in [-0.05, 0) is 85.3 Å². The summed E-state index contributed by atoms with van der Waals surface area (Å²) < 4.78 is 15.6. The first-order valence-electron chi connectivity index (χ1n) is 17.2. The molecule has 11 rings (SSSR count). The van der Waals surface area contributed by atoms with Crippen LogP contribution >= 0.6 is 11.3 Å². The molecule has 2 heterocycles. The van der Waals surface area contributed by atoms with Crippen LogP contribution in [0.25, 0.3) is 75.1 Å². The molecule has 9 aromatic rings. The van der Waals surface area contributed by atoms with Gasteiger partial charge in [-0.3, -0.25) is 0 Å². The van der Waals surface area contributed by atoms with Crippen molar-refractivity contribution in [2.24, 2.45) is 0 Å². The second-order valence-electron chi connectivity index (χ2n) is 14.0. The molecule has 0 amide bonds. The molecule has 3 heteroatoms. The summed E-state index contributed by atoms with van der Waals surface area (Å²) >= 11 is 1.89. The molecule has 0 saturated carbocycles. The van der Waals surface area contributed by atoms with Gasteiger partial charge in [-0.25, -0.2) is 0 Å². The molecule has 0 atom stereocenters. The number of hydrogen-bond donors (Lipinski definition) is 0. The summed E-state index contributed by atoms with van der Waals surface area (Å²) in [7, 11) is 0. The van der Waals surface area contributed by atoms with Crippen LogP contribution in [-0.4, -0.2) is 0 Å². The van der Waals surface area contributed by atoms with Gasteiger partial charge in [0.25, 0.3) is 0 Å². The van der Waals surface area contributed by atoms with Crippen LogP contribution in [0.15, 0.2) is 146 Å². The molecular formula is C47H30O2S. The standard InChI is InChI=1S/C47H30O2S/c1-47(2)36-24-25-40-45(49-39-20-9-8-19-38(39)48-40)44(36)34-23-22-27(26-37(34)47)42-29-13-3-5-15-31(29)43(32-16-6-4-14-30(32)42)35-18-11-17-33-28-12-7-10-21-41(28)50-46(33)35/h3-26H,1-2H3. The quantitative estimate of drug-likeness (QED) is 0.172. The van der Waals surface area contributed by atoms with Gasteiger partial charge in [0.1, 0.15) is 0 Å². The normalized spacial score (nSPS) is 13.9. The van der Waals surface area contributed by atoms with E-state index in [1.54, 1.807) is 0 Å². The summed E-state index contributed by atoms with van der Waals surface area (Å²) in [4.78, 5) is 0. The Morgan fingerprint density at radius 1 is 0.440 bits per heavy atom. The molecule has 8 aromatic carbocycles. The van der Waals surface area contributed by atoms with Gasteiger partial charge < -0.3 is 9.47 Å². The van der Waals surface area contributed by atoms with Crippen LogP contribution in [0.2, 0.25) is 0 Å². The highest BCUT2D eigenvalue weighted by Crippen LogP contribution is 2.59. The third-order valence-corrected chi connectivity index (χ3v) is 12.2. The van der Waals surface area contributed by atoms with E-state index in [0.717, 1.165) is 28.6 Å². The summed E-state index contributed by atoms with van der Waals surface area (Å²) in [6.07, 6.45) is 0. The predicted molar refractivity (Wildman–Crippen MR) is 209 cm³/mol. The third-order valence-electron chi connectivity index (χ3n) is 10.9. The predicted octanol–water partition coefficient (Wildman–Crippen LogP) is 13.9. The van der Waals surface area contributed by atoms with Crippen molar-refractivity contribution in [2.45, 2.75) is 19.3 Å². The number of fused-ring (bicyclic) bond motifs is 11. The SMILES string of the molecule is CC1(C)c2cc(-c3c4ccccc4c(-c4cccc5c4sc4ccccc45)c4ccccc34)ccc2-c2c1ccc1c2Oc2ccccc2O1. The average Bonchev–Trinajstić information content (AvgIpc) is 3.65. The Labute approximate surface area is 293 Å². The third kappa shape index (κ3) is 3.73. The summed E-state index contributed by atoms with van der Waals surface area (Å²) in [5.74, 6) is 3.06. The van der Waals surface area contributed by atoms with E-state index < -0.39 is 0 Å². The van der Waals surface area contributed by atoms with Crippen LogP contribution < -0.4 is 9.47 Å². The van der Waals surface area contributed by atoms with Crippen LogP contribution in [0.3, 0.4) is 0 Å². The lowest BCUT2D eigenvalue weighted by molar-refractivity contribution is 0.360. The van der Waals surface area contributed by atoms with Gasteiger partial charge in [-0.2, -0.15) is 0 Å². The maximum Gasteiger partial charge on any atom is 0.178 e. The molecule has 0 radical (unpaired) electrons. The molecule has 0 unspecified atom stereocenters. The number of hydrogen-bond acceptors (Lipinski definition) is 3. The smallest absolute Gasteiger partial charge is 0.178 e. The van der Waals surface area contributed by atoms with Gasteiger partial charge >= 0.3 is 0 Å². The van der Waals surface area contributed by atoms with Crippen molar-refractivity contribution in [3.05, 3.63) is 157 Å². The molecule has 1 aliphatic carbocycles. The summed E-state index contributed by atoms with van der Waals surface area (Å²) in [6.45, 7) is 4.66. The van der Waals surface area contributed by atoms with Crippen molar-refractivity contribution in [2.75, 3.05) is 0 Å². The lowest BCUT2D eigenvalue weighted by atomic mass is 9.80. The molecule has 0 N–H and O–H groups in total. The minimum Gasteiger partial charge on any atom is -0.449 e. The number of rotatable bonds is 2. The molecule has 1 aliphatic heterocycles. The van der Waals surface area contributed by atoms with Gasteiger partial charge in [0.15, 0.2) is 23.0 Å². The van der Waals surface area contributed by atoms with E-state index in [0.29, 0.717) is 0 Å². The molecule has 0 fully saturated rings. The fourth-order valence-corrected chi connectivity index (χ4v) is 9.86. The molecule has 0 bridgehead atoms. The Morgan fingerprint density at radius 3 is 1.80 bits per heavy atom. The van der Waals surface area contributed by atoms with E-state index >= 15 is 0 Å². The van der Waals surface area contributed by atoms with Crippen LogP contribution in [0.1, 0.15) is 25.0 Å². The Morgan fingerprint density at radius 2 is 1.06 bits per heavy atom. The fraction of sp³-hybridized carbons (Fsp3) is 0.0638. The van der Waals surface area contributed by atoms with Gasteiger partial charge in [-0.1, -0.05) is 129 Å². The van der Waals surface area contributed by atoms with Crippen molar-refractivity contribution in [1.29, 1.82) is 0 Å². The maximum absolute atomic E-state index is 6.58. The van der Waals surface area contributed by atoms with Gasteiger partial charge in [0.2, 0.25) is 0 Å².